The van der Waals surface area contributed by atoms with Gasteiger partial charge in [0.25, 0.3) is 0 Å². The summed E-state index contributed by atoms with van der Waals surface area (Å²) in [6, 6.07) is 3.75. The fraction of sp³-hybridized carbons (Fsp3) is 0.643. The topological polar surface area (TPSA) is 60.2 Å². The van der Waals surface area contributed by atoms with Crippen molar-refractivity contribution in [2.45, 2.75) is 45.6 Å². The third kappa shape index (κ3) is 3.52. The summed E-state index contributed by atoms with van der Waals surface area (Å²) in [4.78, 5) is 4.45. The molecule has 18 heavy (non-hydrogen) atoms. The molecule has 0 aliphatic heterocycles. The second-order valence-electron chi connectivity index (χ2n) is 5.71. The fourth-order valence-corrected chi connectivity index (χ4v) is 1.55. The smallest absolute Gasteiger partial charge is 0.239 e. The van der Waals surface area contributed by atoms with Crippen molar-refractivity contribution in [3.63, 3.8) is 0 Å². The van der Waals surface area contributed by atoms with Gasteiger partial charge in [-0.3, -0.25) is 0 Å². The van der Waals surface area contributed by atoms with Gasteiger partial charge >= 0.3 is 0 Å². The van der Waals surface area contributed by atoms with E-state index >= 15 is 0 Å². The predicted molar refractivity (Wildman–Crippen MR) is 74.9 cm³/mol. The number of nitrogens with two attached hydrogens (primary N) is 1. The SMILES string of the molecule is CCC(C)(C)Nc1ccc(N)c(OCC2CC2)n1. The number of anilines is 2. The van der Waals surface area contributed by atoms with Gasteiger partial charge < -0.3 is 15.8 Å². The lowest BCUT2D eigenvalue weighted by molar-refractivity contribution is 0.290. The van der Waals surface area contributed by atoms with Gasteiger partial charge in [-0.1, -0.05) is 6.92 Å². The van der Waals surface area contributed by atoms with Gasteiger partial charge in [0.2, 0.25) is 5.88 Å². The van der Waals surface area contributed by atoms with Gasteiger partial charge in [0, 0.05) is 5.54 Å². The highest BCUT2D eigenvalue weighted by atomic mass is 16.5. The maximum absolute atomic E-state index is 5.88. The van der Waals surface area contributed by atoms with Gasteiger partial charge in [0.15, 0.2) is 0 Å². The zero-order valence-electron chi connectivity index (χ0n) is 11.5. The predicted octanol–water partition coefficient (Wildman–Crippen LogP) is 3.05. The molecule has 1 aromatic heterocycles. The van der Waals surface area contributed by atoms with Crippen LogP contribution in [-0.4, -0.2) is 17.1 Å². The van der Waals surface area contributed by atoms with E-state index in [-0.39, 0.29) is 5.54 Å². The van der Waals surface area contributed by atoms with Crippen molar-refractivity contribution < 1.29 is 4.74 Å². The highest BCUT2D eigenvalue weighted by molar-refractivity contribution is 5.54. The first-order chi connectivity index (χ1) is 8.50. The van der Waals surface area contributed by atoms with E-state index in [4.69, 9.17) is 10.5 Å². The van der Waals surface area contributed by atoms with E-state index in [1.165, 1.54) is 12.8 Å². The molecule has 0 radical (unpaired) electrons. The van der Waals surface area contributed by atoms with E-state index in [9.17, 15) is 0 Å². The zero-order chi connectivity index (χ0) is 13.2. The monoisotopic (exact) mass is 249 g/mol. The lowest BCUT2D eigenvalue weighted by Gasteiger charge is -2.25. The van der Waals surface area contributed by atoms with E-state index in [1.807, 2.05) is 12.1 Å². The van der Waals surface area contributed by atoms with Gasteiger partial charge in [-0.2, -0.15) is 4.98 Å². The van der Waals surface area contributed by atoms with Crippen molar-refractivity contribution in [3.8, 4) is 5.88 Å². The van der Waals surface area contributed by atoms with Crippen LogP contribution in [0.4, 0.5) is 11.5 Å². The molecule has 3 N–H and O–H groups in total. The van der Waals surface area contributed by atoms with Crippen LogP contribution in [0.2, 0.25) is 0 Å². The number of nitrogens with zero attached hydrogens (tertiary/aromatic N) is 1. The first-order valence-corrected chi connectivity index (χ1v) is 6.67. The molecule has 4 nitrogen and oxygen atoms in total. The van der Waals surface area contributed by atoms with Crippen molar-refractivity contribution >= 4 is 11.5 Å². The van der Waals surface area contributed by atoms with Gasteiger partial charge in [-0.15, -0.1) is 0 Å². The number of rotatable bonds is 6. The second-order valence-corrected chi connectivity index (χ2v) is 5.71. The molecule has 2 rings (SSSR count). The number of ether oxygens (including phenoxy) is 1. The van der Waals surface area contributed by atoms with E-state index in [0.717, 1.165) is 18.8 Å². The number of hydrogen-bond donors (Lipinski definition) is 2. The van der Waals surface area contributed by atoms with E-state index in [0.29, 0.717) is 17.5 Å². The average Bonchev–Trinajstić information content (AvgIpc) is 3.13. The maximum atomic E-state index is 5.88. The first kappa shape index (κ1) is 13.0. The Balaban J connectivity index is 2.04. The summed E-state index contributed by atoms with van der Waals surface area (Å²) < 4.78 is 5.67. The number of hydrogen-bond acceptors (Lipinski definition) is 4. The molecule has 0 aromatic carbocycles. The normalized spacial score (nSPS) is 15.5. The Morgan fingerprint density at radius 2 is 2.17 bits per heavy atom. The molecular weight excluding hydrogens is 226 g/mol. The van der Waals surface area contributed by atoms with Crippen molar-refractivity contribution in [1.29, 1.82) is 0 Å². The molecule has 1 aromatic rings. The van der Waals surface area contributed by atoms with Crippen LogP contribution in [0.15, 0.2) is 12.1 Å². The Labute approximate surface area is 109 Å². The average molecular weight is 249 g/mol. The summed E-state index contributed by atoms with van der Waals surface area (Å²) in [7, 11) is 0. The summed E-state index contributed by atoms with van der Waals surface area (Å²) in [5.41, 5.74) is 6.51. The minimum Gasteiger partial charge on any atom is -0.476 e. The molecule has 1 heterocycles. The maximum Gasteiger partial charge on any atom is 0.239 e. The summed E-state index contributed by atoms with van der Waals surface area (Å²) in [6.45, 7) is 7.18. The van der Waals surface area contributed by atoms with Crippen molar-refractivity contribution in [2.75, 3.05) is 17.7 Å². The van der Waals surface area contributed by atoms with E-state index < -0.39 is 0 Å². The molecule has 4 heteroatoms. The Kier molecular flexibility index (Phi) is 3.64. The van der Waals surface area contributed by atoms with E-state index in [1.54, 1.807) is 0 Å². The van der Waals surface area contributed by atoms with Gasteiger partial charge in [0.1, 0.15) is 5.82 Å². The second kappa shape index (κ2) is 5.04. The van der Waals surface area contributed by atoms with Crippen LogP contribution in [0, 0.1) is 5.92 Å². The Morgan fingerprint density at radius 3 is 2.78 bits per heavy atom. The van der Waals surface area contributed by atoms with Crippen LogP contribution in [0.25, 0.3) is 0 Å². The minimum atomic E-state index is 0.0247. The third-order valence-corrected chi connectivity index (χ3v) is 3.39. The summed E-state index contributed by atoms with van der Waals surface area (Å²) >= 11 is 0. The zero-order valence-corrected chi connectivity index (χ0v) is 11.5. The fourth-order valence-electron chi connectivity index (χ4n) is 1.55. The highest BCUT2D eigenvalue weighted by Gasteiger charge is 2.23. The quantitative estimate of drug-likeness (QED) is 0.813. The third-order valence-electron chi connectivity index (χ3n) is 3.39. The van der Waals surface area contributed by atoms with Crippen LogP contribution in [0.1, 0.15) is 40.0 Å². The summed E-state index contributed by atoms with van der Waals surface area (Å²) in [6.07, 6.45) is 3.55. The Bertz CT molecular complexity index is 414. The van der Waals surface area contributed by atoms with Gasteiger partial charge in [-0.05, 0) is 51.2 Å². The summed E-state index contributed by atoms with van der Waals surface area (Å²) in [5, 5.41) is 3.39. The van der Waals surface area contributed by atoms with Crippen molar-refractivity contribution in [1.82, 2.24) is 4.98 Å². The van der Waals surface area contributed by atoms with Crippen LogP contribution in [0.3, 0.4) is 0 Å². The lowest BCUT2D eigenvalue weighted by atomic mass is 10.0. The highest BCUT2D eigenvalue weighted by Crippen LogP contribution is 2.31. The molecule has 100 valence electrons. The number of pyridine rings is 1. The van der Waals surface area contributed by atoms with Gasteiger partial charge in [0.05, 0.1) is 12.3 Å². The van der Waals surface area contributed by atoms with E-state index in [2.05, 4.69) is 31.1 Å². The van der Waals surface area contributed by atoms with Crippen LogP contribution >= 0.6 is 0 Å². The molecule has 0 atom stereocenters. The van der Waals surface area contributed by atoms with Crippen LogP contribution in [-0.2, 0) is 0 Å². The number of aromatic nitrogens is 1. The molecule has 1 aliphatic rings. The standard InChI is InChI=1S/C14H23N3O/c1-4-14(2,3)17-12-8-7-11(15)13(16-12)18-9-10-5-6-10/h7-8,10H,4-6,9,15H2,1-3H3,(H,16,17). The molecule has 1 saturated carbocycles. The molecule has 0 spiro atoms. The molecule has 1 fully saturated rings. The number of nitrogens with one attached hydrogen (secondary N) is 1. The van der Waals surface area contributed by atoms with Gasteiger partial charge in [-0.25, -0.2) is 0 Å². The Hall–Kier alpha value is -1.45. The minimum absolute atomic E-state index is 0.0247. The largest absolute Gasteiger partial charge is 0.476 e. The lowest BCUT2D eigenvalue weighted by Crippen LogP contribution is -2.30. The number of nitrogen functional groups attached to an aromatic ring is 1. The van der Waals surface area contributed by atoms with Crippen molar-refractivity contribution in [2.24, 2.45) is 5.92 Å². The Morgan fingerprint density at radius 1 is 1.44 bits per heavy atom. The molecule has 0 bridgehead atoms. The van der Waals surface area contributed by atoms with Crippen LogP contribution in [0.5, 0.6) is 5.88 Å². The molecule has 1 aliphatic carbocycles. The van der Waals surface area contributed by atoms with Crippen LogP contribution < -0.4 is 15.8 Å². The first-order valence-electron chi connectivity index (χ1n) is 6.67. The van der Waals surface area contributed by atoms with Crippen molar-refractivity contribution in [3.05, 3.63) is 12.1 Å². The molecule has 0 amide bonds. The molecule has 0 unspecified atom stereocenters. The summed E-state index contributed by atoms with van der Waals surface area (Å²) in [5.74, 6) is 2.08. The molecular formula is C14H23N3O. The molecule has 0 saturated heterocycles.